The van der Waals surface area contributed by atoms with Gasteiger partial charge in [0.15, 0.2) is 0 Å². The number of anilines is 1. The molecule has 1 aromatic rings. The molecule has 2 rings (SSSR count). The van der Waals surface area contributed by atoms with Crippen molar-refractivity contribution < 1.29 is 14.7 Å². The van der Waals surface area contributed by atoms with Crippen molar-refractivity contribution in [3.05, 3.63) is 29.8 Å². The van der Waals surface area contributed by atoms with E-state index in [2.05, 4.69) is 15.5 Å². The molecule has 1 fully saturated rings. The van der Waals surface area contributed by atoms with Crippen LogP contribution in [0.3, 0.4) is 0 Å². The summed E-state index contributed by atoms with van der Waals surface area (Å²) < 4.78 is 0. The summed E-state index contributed by atoms with van der Waals surface area (Å²) in [4.78, 5) is 25.1. The highest BCUT2D eigenvalue weighted by Crippen LogP contribution is 2.15. The Morgan fingerprint density at radius 2 is 2.15 bits per heavy atom. The van der Waals surface area contributed by atoms with Gasteiger partial charge in [-0.2, -0.15) is 0 Å². The van der Waals surface area contributed by atoms with Gasteiger partial charge in [0.25, 0.3) is 0 Å². The van der Waals surface area contributed by atoms with Crippen molar-refractivity contribution >= 4 is 17.7 Å². The SMILES string of the molecule is CN1CCCC1CNC(=O)Nc1ccccc1C(=O)O. The molecule has 1 aliphatic rings. The van der Waals surface area contributed by atoms with E-state index in [1.807, 2.05) is 7.05 Å². The standard InChI is InChI=1S/C14H19N3O3/c1-17-8-4-5-10(17)9-15-14(20)16-12-7-3-2-6-11(12)13(18)19/h2-3,6-7,10H,4-5,8-9H2,1H3,(H,18,19)(H2,15,16,20). The highest BCUT2D eigenvalue weighted by Gasteiger charge is 2.21. The van der Waals surface area contributed by atoms with E-state index >= 15 is 0 Å². The second kappa shape index (κ2) is 6.38. The maximum atomic E-state index is 11.8. The van der Waals surface area contributed by atoms with Crippen molar-refractivity contribution in [3.63, 3.8) is 0 Å². The maximum Gasteiger partial charge on any atom is 0.337 e. The van der Waals surface area contributed by atoms with Crippen LogP contribution in [0.4, 0.5) is 10.5 Å². The second-order valence-electron chi connectivity index (χ2n) is 4.96. The number of carboxylic acids is 1. The molecule has 1 aliphatic heterocycles. The van der Waals surface area contributed by atoms with Crippen LogP contribution in [-0.2, 0) is 0 Å². The number of hydrogen-bond donors (Lipinski definition) is 3. The number of carbonyl (C=O) groups excluding carboxylic acids is 1. The van der Waals surface area contributed by atoms with Crippen LogP contribution < -0.4 is 10.6 Å². The zero-order valence-electron chi connectivity index (χ0n) is 11.4. The fraction of sp³-hybridized carbons (Fsp3) is 0.429. The number of likely N-dealkylation sites (N-methyl/N-ethyl adjacent to an activating group) is 1. The van der Waals surface area contributed by atoms with Crippen LogP contribution in [0.5, 0.6) is 0 Å². The number of urea groups is 1. The number of likely N-dealkylation sites (tertiary alicyclic amines) is 1. The topological polar surface area (TPSA) is 81.7 Å². The smallest absolute Gasteiger partial charge is 0.337 e. The Kier molecular flexibility index (Phi) is 4.57. The second-order valence-corrected chi connectivity index (χ2v) is 4.96. The van der Waals surface area contributed by atoms with Crippen LogP contribution in [0.2, 0.25) is 0 Å². The molecule has 1 heterocycles. The third-order valence-corrected chi connectivity index (χ3v) is 3.58. The minimum Gasteiger partial charge on any atom is -0.478 e. The monoisotopic (exact) mass is 277 g/mol. The van der Waals surface area contributed by atoms with E-state index in [4.69, 9.17) is 5.11 Å². The molecule has 0 radical (unpaired) electrons. The molecule has 6 heteroatoms. The lowest BCUT2D eigenvalue weighted by molar-refractivity contribution is 0.0698. The number of carbonyl (C=O) groups is 2. The highest BCUT2D eigenvalue weighted by atomic mass is 16.4. The number of benzene rings is 1. The first-order valence-electron chi connectivity index (χ1n) is 6.65. The number of carboxylic acid groups (broad SMARTS) is 1. The highest BCUT2D eigenvalue weighted by molar-refractivity contribution is 5.99. The van der Waals surface area contributed by atoms with Crippen molar-refractivity contribution in [1.29, 1.82) is 0 Å². The van der Waals surface area contributed by atoms with E-state index in [-0.39, 0.29) is 11.6 Å². The summed E-state index contributed by atoms with van der Waals surface area (Å²) in [6.45, 7) is 1.62. The van der Waals surface area contributed by atoms with Crippen molar-refractivity contribution in [3.8, 4) is 0 Å². The maximum absolute atomic E-state index is 11.8. The van der Waals surface area contributed by atoms with Gasteiger partial charge in [0, 0.05) is 12.6 Å². The predicted molar refractivity (Wildman–Crippen MR) is 76.1 cm³/mol. The molecular formula is C14H19N3O3. The number of hydrogen-bond acceptors (Lipinski definition) is 3. The number of aromatic carboxylic acids is 1. The van der Waals surface area contributed by atoms with Gasteiger partial charge in [0.1, 0.15) is 0 Å². The van der Waals surface area contributed by atoms with Crippen LogP contribution in [0, 0.1) is 0 Å². The van der Waals surface area contributed by atoms with Gasteiger partial charge < -0.3 is 20.6 Å². The molecule has 1 unspecified atom stereocenters. The van der Waals surface area contributed by atoms with Gasteiger partial charge in [-0.05, 0) is 38.6 Å². The Balaban J connectivity index is 1.90. The van der Waals surface area contributed by atoms with E-state index in [1.54, 1.807) is 18.2 Å². The van der Waals surface area contributed by atoms with Gasteiger partial charge in [-0.1, -0.05) is 12.1 Å². The fourth-order valence-electron chi connectivity index (χ4n) is 2.39. The fourth-order valence-corrected chi connectivity index (χ4v) is 2.39. The van der Waals surface area contributed by atoms with Gasteiger partial charge in [0.2, 0.25) is 0 Å². The number of nitrogens with one attached hydrogen (secondary N) is 2. The largest absolute Gasteiger partial charge is 0.478 e. The Morgan fingerprint density at radius 1 is 1.40 bits per heavy atom. The first-order valence-corrected chi connectivity index (χ1v) is 6.65. The van der Waals surface area contributed by atoms with Crippen molar-refractivity contribution in [2.75, 3.05) is 25.5 Å². The van der Waals surface area contributed by atoms with Gasteiger partial charge in [-0.25, -0.2) is 9.59 Å². The van der Waals surface area contributed by atoms with Crippen LogP contribution >= 0.6 is 0 Å². The van der Waals surface area contributed by atoms with E-state index in [0.29, 0.717) is 18.3 Å². The Morgan fingerprint density at radius 3 is 2.80 bits per heavy atom. The third kappa shape index (κ3) is 3.48. The Hall–Kier alpha value is -2.08. The molecule has 0 bridgehead atoms. The van der Waals surface area contributed by atoms with Gasteiger partial charge in [0.05, 0.1) is 11.3 Å². The zero-order chi connectivity index (χ0) is 14.5. The molecule has 0 aromatic heterocycles. The number of rotatable bonds is 4. The minimum absolute atomic E-state index is 0.0839. The average Bonchev–Trinajstić information content (AvgIpc) is 2.82. The lowest BCUT2D eigenvalue weighted by atomic mass is 10.2. The molecule has 1 atom stereocenters. The van der Waals surface area contributed by atoms with E-state index < -0.39 is 5.97 Å². The molecule has 3 N–H and O–H groups in total. The van der Waals surface area contributed by atoms with Gasteiger partial charge in [-0.3, -0.25) is 0 Å². The van der Waals surface area contributed by atoms with E-state index in [1.165, 1.54) is 6.07 Å². The normalized spacial score (nSPS) is 18.8. The first kappa shape index (κ1) is 14.3. The molecule has 0 saturated carbocycles. The molecule has 2 amide bonds. The predicted octanol–water partition coefficient (Wildman–Crippen LogP) is 1.60. The molecule has 6 nitrogen and oxygen atoms in total. The summed E-state index contributed by atoms with van der Waals surface area (Å²) >= 11 is 0. The summed E-state index contributed by atoms with van der Waals surface area (Å²) in [6, 6.07) is 6.33. The minimum atomic E-state index is -1.06. The average molecular weight is 277 g/mol. The van der Waals surface area contributed by atoms with Crippen LogP contribution in [0.25, 0.3) is 0 Å². The number of para-hydroxylation sites is 1. The summed E-state index contributed by atoms with van der Waals surface area (Å²) in [5.41, 5.74) is 0.387. The number of amides is 2. The summed E-state index contributed by atoms with van der Waals surface area (Å²) in [7, 11) is 2.04. The molecular weight excluding hydrogens is 258 g/mol. The first-order chi connectivity index (χ1) is 9.58. The summed E-state index contributed by atoms with van der Waals surface area (Å²) in [6.07, 6.45) is 2.22. The Bertz CT molecular complexity index is 504. The lowest BCUT2D eigenvalue weighted by Gasteiger charge is -2.19. The molecule has 1 aromatic carbocycles. The number of nitrogens with zero attached hydrogens (tertiary/aromatic N) is 1. The van der Waals surface area contributed by atoms with Gasteiger partial charge >= 0.3 is 12.0 Å². The molecule has 0 aliphatic carbocycles. The molecule has 0 spiro atoms. The summed E-state index contributed by atoms with van der Waals surface area (Å²) in [5, 5.41) is 14.4. The van der Waals surface area contributed by atoms with Crippen LogP contribution in [0.1, 0.15) is 23.2 Å². The molecule has 20 heavy (non-hydrogen) atoms. The third-order valence-electron chi connectivity index (χ3n) is 3.58. The van der Waals surface area contributed by atoms with Gasteiger partial charge in [-0.15, -0.1) is 0 Å². The van der Waals surface area contributed by atoms with Crippen LogP contribution in [-0.4, -0.2) is 48.2 Å². The molecule has 1 saturated heterocycles. The zero-order valence-corrected chi connectivity index (χ0v) is 11.4. The van der Waals surface area contributed by atoms with Crippen LogP contribution in [0.15, 0.2) is 24.3 Å². The van der Waals surface area contributed by atoms with E-state index in [0.717, 1.165) is 19.4 Å². The van der Waals surface area contributed by atoms with Crippen molar-refractivity contribution in [1.82, 2.24) is 10.2 Å². The molecule has 108 valence electrons. The van der Waals surface area contributed by atoms with E-state index in [9.17, 15) is 9.59 Å². The van der Waals surface area contributed by atoms with Crippen molar-refractivity contribution in [2.45, 2.75) is 18.9 Å². The van der Waals surface area contributed by atoms with Crippen molar-refractivity contribution in [2.24, 2.45) is 0 Å². The lowest BCUT2D eigenvalue weighted by Crippen LogP contribution is -2.40. The summed E-state index contributed by atoms with van der Waals surface area (Å²) in [5.74, 6) is -1.06. The Labute approximate surface area is 117 Å². The quantitative estimate of drug-likeness (QED) is 0.780.